The Kier molecular flexibility index (Phi) is 8.15. The molecule has 0 spiro atoms. The van der Waals surface area contributed by atoms with Gasteiger partial charge in [0.15, 0.2) is 11.6 Å². The molecule has 2 aromatic carbocycles. The van der Waals surface area contributed by atoms with Crippen molar-refractivity contribution in [1.82, 2.24) is 0 Å². The van der Waals surface area contributed by atoms with Crippen molar-refractivity contribution in [3.05, 3.63) is 65.2 Å². The Bertz CT molecular complexity index is 1110. The van der Waals surface area contributed by atoms with E-state index in [1.807, 2.05) is 24.3 Å². The molecule has 1 aliphatic carbocycles. The van der Waals surface area contributed by atoms with Crippen LogP contribution in [0, 0.1) is 0 Å². The molecule has 1 aliphatic heterocycles. The van der Waals surface area contributed by atoms with Crippen LogP contribution in [0.2, 0.25) is 0 Å². The monoisotopic (exact) mass is 478 g/mol. The second-order valence-corrected chi connectivity index (χ2v) is 10.1. The number of Topliss-reactive ketones (excluding diaryl/α,β-unsaturated/α-hetero) is 1. The van der Waals surface area contributed by atoms with E-state index in [0.29, 0.717) is 24.1 Å². The van der Waals surface area contributed by atoms with E-state index in [-0.39, 0.29) is 57.4 Å². The first kappa shape index (κ1) is 26.0. The fourth-order valence-corrected chi connectivity index (χ4v) is 5.92. The molecule has 0 atom stereocenters. The van der Waals surface area contributed by atoms with Crippen molar-refractivity contribution in [3.63, 3.8) is 0 Å². The van der Waals surface area contributed by atoms with Crippen LogP contribution in [-0.2, 0) is 10.2 Å². The number of rotatable bonds is 7. The van der Waals surface area contributed by atoms with Gasteiger partial charge in [-0.2, -0.15) is 0 Å². The second kappa shape index (κ2) is 10.3. The number of hydrogen-bond acceptors (Lipinski definition) is 6. The van der Waals surface area contributed by atoms with Crippen LogP contribution in [-0.4, -0.2) is 55.4 Å². The number of aliphatic hydroxyl groups is 1. The average molecular weight is 479 g/mol. The number of fused-ring (bicyclic) bond motifs is 2. The molecular weight excluding hydrogens is 447 g/mol. The third-order valence-corrected chi connectivity index (χ3v) is 7.78. The average Bonchev–Trinajstić information content (AvgIpc) is 2.78. The molecule has 0 saturated heterocycles. The van der Waals surface area contributed by atoms with Crippen molar-refractivity contribution in [3.8, 4) is 0 Å². The van der Waals surface area contributed by atoms with Gasteiger partial charge in [0, 0.05) is 5.56 Å². The Morgan fingerprint density at radius 3 is 2.24 bits per heavy atom. The fourth-order valence-electron chi connectivity index (χ4n) is 4.75. The standard InChI is InChI=1S/C25H30N2O4S.Na.H/c1-3-5-15-25(16-6-4-2)18-12-8-7-11-17(18)22(28)21(23(25)29)24-26-19-13-9-10-14-20(19)32(30,31)27-24;;/h7-14,28,30-31H,3-6,15-16H2,1-2H3,(H,26,27);;. The third-order valence-electron chi connectivity index (χ3n) is 6.40. The number of carbonyl (C=O) groups is 1. The van der Waals surface area contributed by atoms with Gasteiger partial charge in [-0.25, -0.2) is 0 Å². The number of nitrogens with one attached hydrogen (secondary N) is 1. The molecule has 6 nitrogen and oxygen atoms in total. The maximum atomic E-state index is 14.2. The van der Waals surface area contributed by atoms with Crippen LogP contribution >= 0.6 is 10.8 Å². The molecular formula is C25H31N2NaO4S. The number of aliphatic hydroxyl groups excluding tert-OH is 1. The van der Waals surface area contributed by atoms with Gasteiger partial charge in [0.25, 0.3) is 0 Å². The molecule has 33 heavy (non-hydrogen) atoms. The number of hydrogen-bond donors (Lipinski definition) is 4. The van der Waals surface area contributed by atoms with Crippen molar-refractivity contribution >= 4 is 63.4 Å². The first-order valence-electron chi connectivity index (χ1n) is 11.2. The zero-order valence-corrected chi connectivity index (χ0v) is 19.3. The number of anilines is 1. The molecule has 2 aliphatic rings. The Labute approximate surface area is 219 Å². The van der Waals surface area contributed by atoms with E-state index in [1.165, 1.54) is 0 Å². The van der Waals surface area contributed by atoms with Gasteiger partial charge >= 0.3 is 29.6 Å². The number of amidine groups is 1. The summed E-state index contributed by atoms with van der Waals surface area (Å²) in [6, 6.07) is 14.3. The summed E-state index contributed by atoms with van der Waals surface area (Å²) in [7, 11) is -3.51. The number of carbonyl (C=O) groups excluding carboxylic acids is 1. The molecule has 2 aromatic rings. The Morgan fingerprint density at radius 1 is 0.970 bits per heavy atom. The molecule has 0 saturated carbocycles. The number of unbranched alkanes of at least 4 members (excludes halogenated alkanes) is 2. The molecule has 0 bridgehead atoms. The van der Waals surface area contributed by atoms with Crippen molar-refractivity contribution in [2.45, 2.75) is 62.7 Å². The maximum absolute atomic E-state index is 14.2. The predicted octanol–water partition coefficient (Wildman–Crippen LogP) is 6.06. The first-order chi connectivity index (χ1) is 15.4. The summed E-state index contributed by atoms with van der Waals surface area (Å²) in [6.45, 7) is 4.19. The van der Waals surface area contributed by atoms with E-state index in [2.05, 4.69) is 23.6 Å². The van der Waals surface area contributed by atoms with E-state index in [4.69, 9.17) is 0 Å². The van der Waals surface area contributed by atoms with E-state index in [9.17, 15) is 19.0 Å². The topological polar surface area (TPSA) is 102 Å². The first-order valence-corrected chi connectivity index (χ1v) is 12.7. The third kappa shape index (κ3) is 4.55. The fraction of sp³-hybridized carbons (Fsp3) is 0.360. The van der Waals surface area contributed by atoms with E-state index in [0.717, 1.165) is 31.2 Å². The van der Waals surface area contributed by atoms with Gasteiger partial charge < -0.3 is 10.4 Å². The number of benzene rings is 2. The molecule has 4 N–H and O–H groups in total. The molecule has 4 rings (SSSR count). The van der Waals surface area contributed by atoms with Gasteiger partial charge in [-0.05, 0) is 30.5 Å². The SMILES string of the molecule is CCCCC1(CCCC)C(=O)C(C2=NS(O)(O)c3ccccc3N2)=C(O)c2ccccc21.[NaH]. The molecule has 1 heterocycles. The van der Waals surface area contributed by atoms with Crippen molar-refractivity contribution in [2.75, 3.05) is 5.32 Å². The summed E-state index contributed by atoms with van der Waals surface area (Å²) in [5.41, 5.74) is 1.17. The normalized spacial score (nSPS) is 18.9. The second-order valence-electron chi connectivity index (χ2n) is 8.47. The zero-order chi connectivity index (χ0) is 22.9. The minimum atomic E-state index is -3.51. The zero-order valence-electron chi connectivity index (χ0n) is 18.5. The molecule has 0 aromatic heterocycles. The van der Waals surface area contributed by atoms with Gasteiger partial charge in [-0.15, -0.1) is 4.40 Å². The molecule has 0 unspecified atom stereocenters. The van der Waals surface area contributed by atoms with Crippen LogP contribution in [0.4, 0.5) is 5.69 Å². The van der Waals surface area contributed by atoms with Gasteiger partial charge in [0.1, 0.15) is 16.2 Å². The molecule has 0 amide bonds. The number of ketones is 1. The van der Waals surface area contributed by atoms with Crippen LogP contribution in [0.15, 0.2) is 63.4 Å². The van der Waals surface area contributed by atoms with E-state index < -0.39 is 16.2 Å². The predicted molar refractivity (Wildman–Crippen MR) is 137 cm³/mol. The van der Waals surface area contributed by atoms with Gasteiger partial charge in [0.2, 0.25) is 0 Å². The number of nitrogens with zero attached hydrogens (tertiary/aromatic N) is 1. The van der Waals surface area contributed by atoms with Crippen molar-refractivity contribution in [2.24, 2.45) is 4.40 Å². The quantitative estimate of drug-likeness (QED) is 0.363. The van der Waals surface area contributed by atoms with E-state index in [1.54, 1.807) is 24.3 Å². The molecule has 0 radical (unpaired) electrons. The van der Waals surface area contributed by atoms with Crippen LogP contribution in [0.5, 0.6) is 0 Å². The van der Waals surface area contributed by atoms with Crippen LogP contribution in [0.3, 0.4) is 0 Å². The van der Waals surface area contributed by atoms with Gasteiger partial charge in [0.05, 0.1) is 11.1 Å². The van der Waals surface area contributed by atoms with Crippen LogP contribution in [0.25, 0.3) is 5.76 Å². The Hall–Kier alpha value is -1.61. The Balaban J connectivity index is 0.00000306. The molecule has 0 fully saturated rings. The molecule has 8 heteroatoms. The summed E-state index contributed by atoms with van der Waals surface area (Å²) in [6.07, 6.45) is 4.96. The van der Waals surface area contributed by atoms with Crippen molar-refractivity contribution < 1.29 is 19.0 Å². The minimum absolute atomic E-state index is 0. The van der Waals surface area contributed by atoms with Gasteiger partial charge in [-0.3, -0.25) is 13.9 Å². The van der Waals surface area contributed by atoms with E-state index >= 15 is 0 Å². The van der Waals surface area contributed by atoms with Crippen LogP contribution < -0.4 is 5.32 Å². The summed E-state index contributed by atoms with van der Waals surface area (Å²) in [5, 5.41) is 14.3. The Morgan fingerprint density at radius 2 is 1.58 bits per heavy atom. The summed E-state index contributed by atoms with van der Waals surface area (Å²) < 4.78 is 25.5. The molecule has 172 valence electrons. The summed E-state index contributed by atoms with van der Waals surface area (Å²) in [5.74, 6) is -0.371. The summed E-state index contributed by atoms with van der Waals surface area (Å²) >= 11 is 0. The van der Waals surface area contributed by atoms with Gasteiger partial charge in [-0.1, -0.05) is 86.7 Å². The number of para-hydroxylation sites is 1. The van der Waals surface area contributed by atoms with Crippen LogP contribution in [0.1, 0.15) is 63.5 Å². The summed E-state index contributed by atoms with van der Waals surface area (Å²) in [4.78, 5) is 14.4. The van der Waals surface area contributed by atoms with Crippen molar-refractivity contribution in [1.29, 1.82) is 0 Å².